The van der Waals surface area contributed by atoms with Gasteiger partial charge in [0.25, 0.3) is 5.56 Å². The fourth-order valence-corrected chi connectivity index (χ4v) is 3.53. The van der Waals surface area contributed by atoms with Crippen molar-refractivity contribution in [2.24, 2.45) is 0 Å². The highest BCUT2D eigenvalue weighted by atomic mass is 19.1. The number of carbonyl (C=O) groups excluding carboxylic acids is 1. The second-order valence-corrected chi connectivity index (χ2v) is 7.27. The number of rotatable bonds is 6. The van der Waals surface area contributed by atoms with E-state index < -0.39 is 23.9 Å². The van der Waals surface area contributed by atoms with E-state index >= 15 is 0 Å². The summed E-state index contributed by atoms with van der Waals surface area (Å²) in [5.41, 5.74) is 2.35. The molecule has 0 saturated carbocycles. The number of methoxy groups -OCH3 is 1. The van der Waals surface area contributed by atoms with Crippen LogP contribution in [0.25, 0.3) is 16.8 Å². The number of ether oxygens (including phenoxy) is 1. The van der Waals surface area contributed by atoms with E-state index in [1.165, 1.54) is 52.9 Å². The van der Waals surface area contributed by atoms with Gasteiger partial charge in [-0.25, -0.2) is 8.91 Å². The van der Waals surface area contributed by atoms with Crippen molar-refractivity contribution in [3.05, 3.63) is 82.2 Å². The van der Waals surface area contributed by atoms with Crippen LogP contribution in [0.5, 0.6) is 5.75 Å². The van der Waals surface area contributed by atoms with E-state index in [-0.39, 0.29) is 12.1 Å². The van der Waals surface area contributed by atoms with Gasteiger partial charge in [0, 0.05) is 23.5 Å². The van der Waals surface area contributed by atoms with Crippen LogP contribution in [0.15, 0.2) is 59.7 Å². The summed E-state index contributed by atoms with van der Waals surface area (Å²) in [5.74, 6) is -0.306. The lowest BCUT2D eigenvalue weighted by Gasteiger charge is -2.12. The maximum Gasteiger partial charge on any atom is 0.277 e. The summed E-state index contributed by atoms with van der Waals surface area (Å²) in [5, 5.41) is 17.1. The minimum Gasteiger partial charge on any atom is -0.495 e. The number of aryl methyl sites for hydroxylation is 1. The zero-order valence-corrected chi connectivity index (χ0v) is 17.5. The molecule has 2 aromatic heterocycles. The smallest absolute Gasteiger partial charge is 0.277 e. The zero-order valence-electron chi connectivity index (χ0n) is 17.5. The lowest BCUT2D eigenvalue weighted by molar-refractivity contribution is -0.116. The lowest BCUT2D eigenvalue weighted by atomic mass is 10.1. The molecule has 0 atom stereocenters. The van der Waals surface area contributed by atoms with Gasteiger partial charge in [0.15, 0.2) is 0 Å². The third kappa shape index (κ3) is 3.97. The molecule has 0 aliphatic heterocycles. The number of aliphatic hydroxyl groups excluding tert-OH is 1. The van der Waals surface area contributed by atoms with Gasteiger partial charge in [-0.05, 0) is 48.9 Å². The molecule has 9 heteroatoms. The first-order valence-corrected chi connectivity index (χ1v) is 9.83. The van der Waals surface area contributed by atoms with Crippen molar-refractivity contribution >= 4 is 17.1 Å². The number of carbonyl (C=O) groups is 1. The van der Waals surface area contributed by atoms with Crippen LogP contribution in [0.3, 0.4) is 0 Å². The Morgan fingerprint density at radius 2 is 1.94 bits per heavy atom. The molecule has 0 fully saturated rings. The van der Waals surface area contributed by atoms with E-state index in [0.29, 0.717) is 28.3 Å². The van der Waals surface area contributed by atoms with Crippen LogP contribution in [0.4, 0.5) is 10.1 Å². The number of hydrogen-bond donors (Lipinski definition) is 2. The molecule has 0 spiro atoms. The largest absolute Gasteiger partial charge is 0.495 e. The number of aliphatic hydroxyl groups is 1. The van der Waals surface area contributed by atoms with Crippen molar-refractivity contribution in [1.29, 1.82) is 0 Å². The van der Waals surface area contributed by atoms with Crippen LogP contribution in [0.2, 0.25) is 0 Å². The Bertz CT molecular complexity index is 1360. The third-order valence-electron chi connectivity index (χ3n) is 5.08. The average Bonchev–Trinajstić information content (AvgIpc) is 3.16. The van der Waals surface area contributed by atoms with Gasteiger partial charge in [0.2, 0.25) is 5.91 Å². The highest BCUT2D eigenvalue weighted by molar-refractivity contribution is 5.92. The van der Waals surface area contributed by atoms with Crippen molar-refractivity contribution in [3.63, 3.8) is 0 Å². The first-order valence-electron chi connectivity index (χ1n) is 9.83. The maximum atomic E-state index is 13.3. The van der Waals surface area contributed by atoms with Gasteiger partial charge in [0.1, 0.15) is 23.6 Å². The molecule has 0 saturated heterocycles. The maximum absolute atomic E-state index is 13.3. The number of nitrogens with one attached hydrogen (secondary N) is 1. The topological polar surface area (TPSA) is 97.9 Å². The van der Waals surface area contributed by atoms with Crippen LogP contribution in [-0.2, 0) is 17.9 Å². The highest BCUT2D eigenvalue weighted by Crippen LogP contribution is 2.26. The fraction of sp³-hybridized carbons (Fsp3) is 0.174. The van der Waals surface area contributed by atoms with Crippen LogP contribution in [-0.4, -0.2) is 32.3 Å². The summed E-state index contributed by atoms with van der Waals surface area (Å²) in [7, 11) is 1.51. The van der Waals surface area contributed by atoms with Crippen LogP contribution in [0, 0.1) is 12.7 Å². The van der Waals surface area contributed by atoms with Gasteiger partial charge in [-0.3, -0.25) is 9.59 Å². The van der Waals surface area contributed by atoms with Gasteiger partial charge in [-0.15, -0.1) is 0 Å². The molecule has 0 aliphatic rings. The number of amides is 1. The monoisotopic (exact) mass is 436 g/mol. The first kappa shape index (κ1) is 21.3. The van der Waals surface area contributed by atoms with Gasteiger partial charge in [-0.2, -0.15) is 5.10 Å². The van der Waals surface area contributed by atoms with Crippen LogP contribution >= 0.6 is 0 Å². The molecule has 2 aromatic carbocycles. The normalized spacial score (nSPS) is 11.0. The second kappa shape index (κ2) is 8.64. The summed E-state index contributed by atoms with van der Waals surface area (Å²) < 4.78 is 21.1. The van der Waals surface area contributed by atoms with Gasteiger partial charge in [0.05, 0.1) is 25.1 Å². The Balaban J connectivity index is 1.68. The number of anilines is 1. The molecule has 4 rings (SSSR count). The van der Waals surface area contributed by atoms with Gasteiger partial charge >= 0.3 is 0 Å². The lowest BCUT2D eigenvalue weighted by Crippen LogP contribution is -2.28. The van der Waals surface area contributed by atoms with E-state index in [0.717, 1.165) is 5.56 Å². The molecule has 0 bridgehead atoms. The summed E-state index contributed by atoms with van der Waals surface area (Å²) in [6.45, 7) is 1.21. The van der Waals surface area contributed by atoms with E-state index in [4.69, 9.17) is 4.74 Å². The van der Waals surface area contributed by atoms with Crippen LogP contribution < -0.4 is 15.6 Å². The van der Waals surface area contributed by atoms with E-state index in [2.05, 4.69) is 10.4 Å². The molecule has 0 unspecified atom stereocenters. The Morgan fingerprint density at radius 3 is 2.62 bits per heavy atom. The standard InChI is InChI=1S/C23H21FN4O4/c1-14-3-8-19(32-2)18(11-14)25-20(30)12-27-9-10-28-22(23(27)31)17(13-29)21(26-28)15-4-6-16(24)7-5-15/h3-11,29H,12-13H2,1-2H3,(H,25,30). The molecular formula is C23H21FN4O4. The predicted octanol–water partition coefficient (Wildman–Crippen LogP) is 2.75. The number of benzene rings is 2. The SMILES string of the molecule is COc1ccc(C)cc1NC(=O)Cn1ccn2nc(-c3ccc(F)cc3)c(CO)c2c1=O. The summed E-state index contributed by atoms with van der Waals surface area (Å²) in [6, 6.07) is 11.0. The van der Waals surface area contributed by atoms with E-state index in [1.54, 1.807) is 12.1 Å². The Labute approximate surface area is 182 Å². The Morgan fingerprint density at radius 1 is 1.19 bits per heavy atom. The molecule has 2 heterocycles. The number of nitrogens with zero attached hydrogens (tertiary/aromatic N) is 3. The van der Waals surface area contributed by atoms with E-state index in [9.17, 15) is 19.1 Å². The number of aromatic nitrogens is 3. The Kier molecular flexibility index (Phi) is 5.74. The minimum absolute atomic E-state index is 0.148. The summed E-state index contributed by atoms with van der Waals surface area (Å²) in [6.07, 6.45) is 2.98. The second-order valence-electron chi connectivity index (χ2n) is 7.27. The molecular weight excluding hydrogens is 415 g/mol. The molecule has 0 aliphatic carbocycles. The van der Waals surface area contributed by atoms with Gasteiger partial charge in [-0.1, -0.05) is 6.07 Å². The molecule has 2 N–H and O–H groups in total. The number of hydrogen-bond acceptors (Lipinski definition) is 5. The van der Waals surface area contributed by atoms with E-state index in [1.807, 2.05) is 13.0 Å². The van der Waals surface area contributed by atoms with Crippen molar-refractivity contribution in [2.75, 3.05) is 12.4 Å². The van der Waals surface area contributed by atoms with Gasteiger partial charge < -0.3 is 19.7 Å². The average molecular weight is 436 g/mol. The fourth-order valence-electron chi connectivity index (χ4n) is 3.53. The molecule has 8 nitrogen and oxygen atoms in total. The third-order valence-corrected chi connectivity index (χ3v) is 5.08. The van der Waals surface area contributed by atoms with Crippen LogP contribution in [0.1, 0.15) is 11.1 Å². The van der Waals surface area contributed by atoms with Crippen molar-refractivity contribution < 1.29 is 19.0 Å². The molecule has 164 valence electrons. The molecule has 32 heavy (non-hydrogen) atoms. The highest BCUT2D eigenvalue weighted by Gasteiger charge is 2.19. The molecule has 4 aromatic rings. The predicted molar refractivity (Wildman–Crippen MR) is 117 cm³/mol. The quantitative estimate of drug-likeness (QED) is 0.484. The van der Waals surface area contributed by atoms with Crippen molar-refractivity contribution in [2.45, 2.75) is 20.1 Å². The first-order chi connectivity index (χ1) is 15.4. The molecule has 1 amide bonds. The van der Waals surface area contributed by atoms with Crippen molar-refractivity contribution in [1.82, 2.24) is 14.2 Å². The molecule has 0 radical (unpaired) electrons. The summed E-state index contributed by atoms with van der Waals surface area (Å²) in [4.78, 5) is 25.7. The number of fused-ring (bicyclic) bond motifs is 1. The zero-order chi connectivity index (χ0) is 22.8. The number of halogens is 1. The Hall–Kier alpha value is -3.98. The minimum atomic E-state index is -0.483. The summed E-state index contributed by atoms with van der Waals surface area (Å²) >= 11 is 0. The van der Waals surface area contributed by atoms with Crippen molar-refractivity contribution in [3.8, 4) is 17.0 Å².